The molecule has 0 aromatic carbocycles. The van der Waals surface area contributed by atoms with Crippen LogP contribution < -0.4 is 0 Å². The fourth-order valence-corrected chi connectivity index (χ4v) is 1.29. The first-order valence-corrected chi connectivity index (χ1v) is 5.88. The fraction of sp³-hybridized carbons (Fsp3) is 0.833. The topological polar surface area (TPSA) is 63.6 Å². The molecule has 4 nitrogen and oxygen atoms in total. The first-order valence-electron chi connectivity index (χ1n) is 5.88. The molecule has 0 saturated heterocycles. The summed E-state index contributed by atoms with van der Waals surface area (Å²) in [5.74, 6) is -2.44. The lowest BCUT2D eigenvalue weighted by Crippen LogP contribution is -2.27. The molecule has 0 radical (unpaired) electrons. The second-order valence-electron chi connectivity index (χ2n) is 4.41. The monoisotopic (exact) mass is 230 g/mol. The molecule has 0 rings (SSSR count). The van der Waals surface area contributed by atoms with Gasteiger partial charge in [-0.2, -0.15) is 0 Å². The SMILES string of the molecule is CCCCCC(C(=O)O)C(=O)OCC(C)C. The van der Waals surface area contributed by atoms with Gasteiger partial charge in [0.15, 0.2) is 5.92 Å². The zero-order chi connectivity index (χ0) is 12.6. The number of carboxylic acid groups (broad SMARTS) is 1. The van der Waals surface area contributed by atoms with E-state index in [2.05, 4.69) is 0 Å². The standard InChI is InChI=1S/C12H22O4/c1-4-5-6-7-10(11(13)14)12(15)16-8-9(2)3/h9-10H,4-8H2,1-3H3,(H,13,14). The third-order valence-electron chi connectivity index (χ3n) is 2.24. The van der Waals surface area contributed by atoms with Crippen LogP contribution in [0, 0.1) is 11.8 Å². The van der Waals surface area contributed by atoms with Crippen molar-refractivity contribution >= 4 is 11.9 Å². The van der Waals surface area contributed by atoms with Crippen molar-refractivity contribution in [3.8, 4) is 0 Å². The minimum absolute atomic E-state index is 0.231. The Morgan fingerprint density at radius 2 is 1.88 bits per heavy atom. The number of rotatable bonds is 8. The summed E-state index contributed by atoms with van der Waals surface area (Å²) in [5.41, 5.74) is 0. The molecule has 4 heteroatoms. The second kappa shape index (κ2) is 8.13. The molecule has 0 aromatic rings. The van der Waals surface area contributed by atoms with Gasteiger partial charge in [0.1, 0.15) is 0 Å². The Kier molecular flexibility index (Phi) is 7.60. The highest BCUT2D eigenvalue weighted by atomic mass is 16.5. The van der Waals surface area contributed by atoms with Gasteiger partial charge < -0.3 is 9.84 Å². The molecule has 0 aliphatic heterocycles. The maximum Gasteiger partial charge on any atom is 0.320 e. The van der Waals surface area contributed by atoms with Crippen LogP contribution in [0.5, 0.6) is 0 Å². The quantitative estimate of drug-likeness (QED) is 0.395. The van der Waals surface area contributed by atoms with E-state index in [1.807, 2.05) is 20.8 Å². The number of hydrogen-bond acceptors (Lipinski definition) is 3. The first-order chi connectivity index (χ1) is 7.49. The molecule has 0 aliphatic carbocycles. The zero-order valence-corrected chi connectivity index (χ0v) is 10.4. The van der Waals surface area contributed by atoms with E-state index in [0.29, 0.717) is 6.42 Å². The van der Waals surface area contributed by atoms with Crippen molar-refractivity contribution in [3.05, 3.63) is 0 Å². The van der Waals surface area contributed by atoms with Crippen LogP contribution in [0.25, 0.3) is 0 Å². The number of hydrogen-bond donors (Lipinski definition) is 1. The average Bonchev–Trinajstić information content (AvgIpc) is 2.20. The molecule has 0 fully saturated rings. The van der Waals surface area contributed by atoms with Gasteiger partial charge in [0.2, 0.25) is 0 Å². The van der Waals surface area contributed by atoms with E-state index in [1.54, 1.807) is 0 Å². The van der Waals surface area contributed by atoms with Crippen LogP contribution in [-0.4, -0.2) is 23.7 Å². The Balaban J connectivity index is 4.08. The number of carbonyl (C=O) groups is 2. The Morgan fingerprint density at radius 1 is 1.25 bits per heavy atom. The Labute approximate surface area is 97.0 Å². The smallest absolute Gasteiger partial charge is 0.320 e. The van der Waals surface area contributed by atoms with Gasteiger partial charge in [-0.05, 0) is 12.3 Å². The molecule has 0 spiro atoms. The highest BCUT2D eigenvalue weighted by molar-refractivity contribution is 5.93. The number of aliphatic carboxylic acids is 1. The minimum atomic E-state index is -1.08. The summed E-state index contributed by atoms with van der Waals surface area (Å²) in [7, 11) is 0. The Bertz CT molecular complexity index is 223. The number of esters is 1. The first kappa shape index (κ1) is 14.9. The summed E-state index contributed by atoms with van der Waals surface area (Å²) in [6.45, 7) is 6.16. The van der Waals surface area contributed by atoms with Crippen molar-refractivity contribution in [2.45, 2.75) is 46.5 Å². The normalized spacial score (nSPS) is 12.5. The van der Waals surface area contributed by atoms with Crippen LogP contribution in [0.4, 0.5) is 0 Å². The van der Waals surface area contributed by atoms with Gasteiger partial charge in [-0.25, -0.2) is 0 Å². The predicted octanol–water partition coefficient (Wildman–Crippen LogP) is 2.47. The van der Waals surface area contributed by atoms with Crippen molar-refractivity contribution < 1.29 is 19.4 Å². The summed E-state index contributed by atoms with van der Waals surface area (Å²) in [4.78, 5) is 22.4. The van der Waals surface area contributed by atoms with Crippen LogP contribution in [0.3, 0.4) is 0 Å². The van der Waals surface area contributed by atoms with Crippen LogP contribution >= 0.6 is 0 Å². The summed E-state index contributed by atoms with van der Waals surface area (Å²) >= 11 is 0. The van der Waals surface area contributed by atoms with E-state index in [9.17, 15) is 9.59 Å². The van der Waals surface area contributed by atoms with Gasteiger partial charge in [0.05, 0.1) is 6.61 Å². The zero-order valence-electron chi connectivity index (χ0n) is 10.4. The van der Waals surface area contributed by atoms with E-state index >= 15 is 0 Å². The molecular weight excluding hydrogens is 208 g/mol. The molecule has 0 saturated carbocycles. The largest absolute Gasteiger partial charge is 0.481 e. The third kappa shape index (κ3) is 6.43. The van der Waals surface area contributed by atoms with Crippen molar-refractivity contribution in [3.63, 3.8) is 0 Å². The van der Waals surface area contributed by atoms with E-state index in [0.717, 1.165) is 19.3 Å². The third-order valence-corrected chi connectivity index (χ3v) is 2.24. The average molecular weight is 230 g/mol. The molecule has 1 atom stereocenters. The molecule has 94 valence electrons. The van der Waals surface area contributed by atoms with Crippen LogP contribution in [0.1, 0.15) is 46.5 Å². The summed E-state index contributed by atoms with van der Waals surface area (Å²) in [5, 5.41) is 8.91. The molecule has 0 aliphatic rings. The minimum Gasteiger partial charge on any atom is -0.481 e. The van der Waals surface area contributed by atoms with Crippen molar-refractivity contribution in [1.29, 1.82) is 0 Å². The summed E-state index contributed by atoms with van der Waals surface area (Å²) in [6.07, 6.45) is 3.08. The molecule has 16 heavy (non-hydrogen) atoms. The summed E-state index contributed by atoms with van der Waals surface area (Å²) in [6, 6.07) is 0. The van der Waals surface area contributed by atoms with Crippen LogP contribution in [-0.2, 0) is 14.3 Å². The van der Waals surface area contributed by atoms with Crippen molar-refractivity contribution in [1.82, 2.24) is 0 Å². The van der Waals surface area contributed by atoms with Gasteiger partial charge in [-0.3, -0.25) is 9.59 Å². The lowest BCUT2D eigenvalue weighted by molar-refractivity contribution is -0.159. The van der Waals surface area contributed by atoms with Crippen LogP contribution in [0.15, 0.2) is 0 Å². The molecule has 1 unspecified atom stereocenters. The molecule has 0 bridgehead atoms. The summed E-state index contributed by atoms with van der Waals surface area (Å²) < 4.78 is 4.94. The predicted molar refractivity (Wildman–Crippen MR) is 61.1 cm³/mol. The number of carbonyl (C=O) groups excluding carboxylic acids is 1. The van der Waals surface area contributed by atoms with Gasteiger partial charge in [0, 0.05) is 0 Å². The van der Waals surface area contributed by atoms with E-state index < -0.39 is 17.9 Å². The van der Waals surface area contributed by atoms with Gasteiger partial charge in [-0.15, -0.1) is 0 Å². The van der Waals surface area contributed by atoms with Gasteiger partial charge in [0.25, 0.3) is 0 Å². The van der Waals surface area contributed by atoms with Crippen LogP contribution in [0.2, 0.25) is 0 Å². The highest BCUT2D eigenvalue weighted by Gasteiger charge is 2.27. The highest BCUT2D eigenvalue weighted by Crippen LogP contribution is 2.12. The Hall–Kier alpha value is -1.06. The van der Waals surface area contributed by atoms with Gasteiger partial charge >= 0.3 is 11.9 Å². The number of unbranched alkanes of at least 4 members (excludes halogenated alkanes) is 2. The van der Waals surface area contributed by atoms with E-state index in [-0.39, 0.29) is 12.5 Å². The molecule has 0 amide bonds. The van der Waals surface area contributed by atoms with Crippen molar-refractivity contribution in [2.75, 3.05) is 6.61 Å². The van der Waals surface area contributed by atoms with Crippen molar-refractivity contribution in [2.24, 2.45) is 11.8 Å². The number of ether oxygens (including phenoxy) is 1. The van der Waals surface area contributed by atoms with E-state index in [1.165, 1.54) is 0 Å². The lowest BCUT2D eigenvalue weighted by atomic mass is 10.0. The molecular formula is C12H22O4. The molecule has 0 heterocycles. The van der Waals surface area contributed by atoms with E-state index in [4.69, 9.17) is 9.84 Å². The maximum absolute atomic E-state index is 11.5. The van der Waals surface area contributed by atoms with Gasteiger partial charge in [-0.1, -0.05) is 40.0 Å². The Morgan fingerprint density at radius 3 is 2.31 bits per heavy atom. The lowest BCUT2D eigenvalue weighted by Gasteiger charge is -2.13. The molecule has 1 N–H and O–H groups in total. The number of carboxylic acids is 1. The maximum atomic E-state index is 11.5. The fourth-order valence-electron chi connectivity index (χ4n) is 1.29. The second-order valence-corrected chi connectivity index (χ2v) is 4.41. The molecule has 0 aromatic heterocycles.